The Morgan fingerprint density at radius 1 is 1.30 bits per heavy atom. The first-order valence-electron chi connectivity index (χ1n) is 9.35. The summed E-state index contributed by atoms with van der Waals surface area (Å²) in [7, 11) is 1.31. The van der Waals surface area contributed by atoms with Gasteiger partial charge in [0, 0.05) is 5.56 Å². The van der Waals surface area contributed by atoms with Gasteiger partial charge in [-0.1, -0.05) is 41.7 Å². The minimum Gasteiger partial charge on any atom is -0.469 e. The van der Waals surface area contributed by atoms with Crippen molar-refractivity contribution in [2.75, 3.05) is 7.11 Å². The van der Waals surface area contributed by atoms with Crippen LogP contribution in [0.15, 0.2) is 58.3 Å². The number of aromatic nitrogens is 1. The van der Waals surface area contributed by atoms with Gasteiger partial charge in [-0.25, -0.2) is 9.38 Å². The first-order chi connectivity index (χ1) is 14.4. The molecule has 2 bridgehead atoms. The van der Waals surface area contributed by atoms with Gasteiger partial charge in [0.1, 0.15) is 17.5 Å². The van der Waals surface area contributed by atoms with Gasteiger partial charge in [-0.05, 0) is 36.8 Å². The smallest absolute Gasteiger partial charge is 0.317 e. The van der Waals surface area contributed by atoms with Crippen molar-refractivity contribution in [1.29, 1.82) is 0 Å². The van der Waals surface area contributed by atoms with Crippen molar-refractivity contribution in [2.24, 2.45) is 10.9 Å². The van der Waals surface area contributed by atoms with E-state index in [1.54, 1.807) is 31.2 Å². The predicted molar refractivity (Wildman–Crippen MR) is 108 cm³/mol. The van der Waals surface area contributed by atoms with E-state index in [1.165, 1.54) is 35.1 Å². The molecule has 3 heterocycles. The minimum absolute atomic E-state index is 0.291. The van der Waals surface area contributed by atoms with E-state index in [2.05, 4.69) is 4.99 Å². The molecule has 0 saturated carbocycles. The van der Waals surface area contributed by atoms with E-state index < -0.39 is 23.7 Å². The van der Waals surface area contributed by atoms with Crippen LogP contribution >= 0.6 is 11.3 Å². The molecular weight excluding hydrogens is 407 g/mol. The number of hydrogen-bond acceptors (Lipinski definition) is 6. The molecule has 2 aliphatic heterocycles. The van der Waals surface area contributed by atoms with E-state index >= 15 is 0 Å². The normalized spacial score (nSPS) is 24.3. The number of benzene rings is 2. The number of carbonyl (C=O) groups is 1. The van der Waals surface area contributed by atoms with Gasteiger partial charge in [0.2, 0.25) is 5.72 Å². The zero-order valence-corrected chi connectivity index (χ0v) is 17.0. The minimum atomic E-state index is -1.21. The maximum absolute atomic E-state index is 13.6. The molecule has 0 saturated heterocycles. The van der Waals surface area contributed by atoms with Gasteiger partial charge in [0.25, 0.3) is 5.56 Å². The molecule has 30 heavy (non-hydrogen) atoms. The third kappa shape index (κ3) is 2.71. The van der Waals surface area contributed by atoms with Crippen LogP contribution in [0.2, 0.25) is 0 Å². The average molecular weight is 424 g/mol. The molecule has 2 aromatic carbocycles. The zero-order valence-electron chi connectivity index (χ0n) is 16.2. The second-order valence-electron chi connectivity index (χ2n) is 7.38. The molecule has 5 rings (SSSR count). The maximum atomic E-state index is 13.6. The maximum Gasteiger partial charge on any atom is 0.317 e. The number of halogens is 1. The van der Waals surface area contributed by atoms with Gasteiger partial charge in [0.15, 0.2) is 4.80 Å². The van der Waals surface area contributed by atoms with Crippen LogP contribution in [0, 0.1) is 11.7 Å². The quantitative estimate of drug-likeness (QED) is 0.590. The lowest BCUT2D eigenvalue weighted by Crippen LogP contribution is -2.58. The van der Waals surface area contributed by atoms with Crippen molar-refractivity contribution < 1.29 is 18.7 Å². The van der Waals surface area contributed by atoms with Crippen molar-refractivity contribution in [3.63, 3.8) is 0 Å². The van der Waals surface area contributed by atoms with Crippen LogP contribution in [-0.4, -0.2) is 23.4 Å². The summed E-state index contributed by atoms with van der Waals surface area (Å²) in [4.78, 5) is 31.2. The first kappa shape index (κ1) is 18.7. The van der Waals surface area contributed by atoms with E-state index in [1.807, 2.05) is 18.2 Å². The number of para-hydroxylation sites is 1. The lowest BCUT2D eigenvalue weighted by atomic mass is 9.81. The molecule has 3 atom stereocenters. The number of ether oxygens (including phenoxy) is 2. The van der Waals surface area contributed by atoms with E-state index in [0.29, 0.717) is 20.6 Å². The number of fused-ring (bicyclic) bond motifs is 6. The fourth-order valence-corrected chi connectivity index (χ4v) is 5.28. The van der Waals surface area contributed by atoms with Crippen LogP contribution in [0.25, 0.3) is 6.08 Å². The van der Waals surface area contributed by atoms with Crippen LogP contribution in [0.3, 0.4) is 0 Å². The highest BCUT2D eigenvalue weighted by atomic mass is 32.1. The fraction of sp³-hybridized carbons (Fsp3) is 0.227. The summed E-state index contributed by atoms with van der Waals surface area (Å²) in [5.41, 5.74) is -0.208. The van der Waals surface area contributed by atoms with E-state index in [-0.39, 0.29) is 11.4 Å². The van der Waals surface area contributed by atoms with E-state index in [0.717, 1.165) is 5.56 Å². The summed E-state index contributed by atoms with van der Waals surface area (Å²) < 4.78 is 26.7. The summed E-state index contributed by atoms with van der Waals surface area (Å²) >= 11 is 1.19. The van der Waals surface area contributed by atoms with Gasteiger partial charge in [-0.15, -0.1) is 0 Å². The molecule has 0 spiro atoms. The van der Waals surface area contributed by atoms with Crippen molar-refractivity contribution in [3.8, 4) is 5.75 Å². The summed E-state index contributed by atoms with van der Waals surface area (Å²) in [6.45, 7) is 1.72. The number of thiazole rings is 1. The van der Waals surface area contributed by atoms with Crippen LogP contribution < -0.4 is 19.6 Å². The van der Waals surface area contributed by atoms with Crippen LogP contribution in [0.5, 0.6) is 5.75 Å². The lowest BCUT2D eigenvalue weighted by Gasteiger charge is -2.44. The number of esters is 1. The summed E-state index contributed by atoms with van der Waals surface area (Å²) in [6.07, 6.45) is 1.63. The van der Waals surface area contributed by atoms with Gasteiger partial charge in [-0.3, -0.25) is 14.2 Å². The Morgan fingerprint density at radius 2 is 2.10 bits per heavy atom. The summed E-state index contributed by atoms with van der Waals surface area (Å²) in [5, 5.41) is 0. The molecule has 0 radical (unpaired) electrons. The highest BCUT2D eigenvalue weighted by Gasteiger charge is 2.55. The molecule has 152 valence electrons. The second kappa shape index (κ2) is 6.63. The molecule has 6 nitrogen and oxygen atoms in total. The van der Waals surface area contributed by atoms with Gasteiger partial charge in [-0.2, -0.15) is 0 Å². The van der Waals surface area contributed by atoms with Crippen molar-refractivity contribution >= 4 is 23.4 Å². The van der Waals surface area contributed by atoms with Gasteiger partial charge >= 0.3 is 5.97 Å². The largest absolute Gasteiger partial charge is 0.469 e. The van der Waals surface area contributed by atoms with E-state index in [4.69, 9.17) is 9.47 Å². The number of methoxy groups -OCH3 is 1. The Labute approximate surface area is 174 Å². The molecule has 0 unspecified atom stereocenters. The second-order valence-corrected chi connectivity index (χ2v) is 8.38. The molecule has 0 aliphatic carbocycles. The molecule has 0 amide bonds. The Bertz CT molecular complexity index is 1360. The van der Waals surface area contributed by atoms with Crippen LogP contribution in [0.1, 0.15) is 24.1 Å². The monoisotopic (exact) mass is 424 g/mol. The predicted octanol–water partition coefficient (Wildman–Crippen LogP) is 2.00. The molecule has 1 aromatic heterocycles. The van der Waals surface area contributed by atoms with Crippen molar-refractivity contribution in [2.45, 2.75) is 18.7 Å². The number of rotatable bonds is 2. The highest BCUT2D eigenvalue weighted by Crippen LogP contribution is 2.47. The Hall–Kier alpha value is -3.26. The molecule has 8 heteroatoms. The molecule has 0 fully saturated rings. The average Bonchev–Trinajstić information content (AvgIpc) is 3.00. The standard InChI is InChI=1S/C22H17FN2O4S/c1-22-17(20(27)28-2)18(14-8-3-4-9-15(14)29-22)25-19(26)16(30-21(25)24-22)11-12-6-5-7-13(23)10-12/h3-11,17-18H,1-2H3/b16-11+/t17-,18+,22+/m1/s1. The highest BCUT2D eigenvalue weighted by molar-refractivity contribution is 7.07. The van der Waals surface area contributed by atoms with Gasteiger partial charge in [0.05, 0.1) is 17.7 Å². The number of carbonyl (C=O) groups excluding carboxylic acids is 1. The van der Waals surface area contributed by atoms with E-state index in [9.17, 15) is 14.0 Å². The molecular formula is C22H17FN2O4S. The first-order valence-corrected chi connectivity index (χ1v) is 10.2. The molecule has 0 N–H and O–H groups in total. The topological polar surface area (TPSA) is 69.9 Å². The number of nitrogens with zero attached hydrogens (tertiary/aromatic N) is 2. The zero-order chi connectivity index (χ0) is 21.0. The lowest BCUT2D eigenvalue weighted by molar-refractivity contribution is -0.158. The van der Waals surface area contributed by atoms with Crippen LogP contribution in [-0.2, 0) is 9.53 Å². The third-order valence-corrected chi connectivity index (χ3v) is 6.46. The van der Waals surface area contributed by atoms with Gasteiger partial charge < -0.3 is 9.47 Å². The van der Waals surface area contributed by atoms with Crippen molar-refractivity contribution in [1.82, 2.24) is 4.57 Å². The SMILES string of the molecule is COC(=O)[C@H]1[C@@H]2c3ccccc3O[C@]1(C)N=c1s/c(=C/c3cccc(F)c3)c(=O)n12. The van der Waals surface area contributed by atoms with Crippen LogP contribution in [0.4, 0.5) is 4.39 Å². The third-order valence-electron chi connectivity index (χ3n) is 5.48. The Balaban J connectivity index is 1.80. The Morgan fingerprint density at radius 3 is 2.87 bits per heavy atom. The summed E-state index contributed by atoms with van der Waals surface area (Å²) in [5.74, 6) is -1.13. The summed E-state index contributed by atoms with van der Waals surface area (Å²) in [6, 6.07) is 12.7. The number of hydrogen-bond donors (Lipinski definition) is 0. The van der Waals surface area contributed by atoms with Crippen molar-refractivity contribution in [3.05, 3.63) is 85.2 Å². The Kier molecular flexibility index (Phi) is 4.14. The fourth-order valence-electron chi connectivity index (χ4n) is 4.18. The molecule has 2 aliphatic rings. The molecule has 3 aromatic rings.